The van der Waals surface area contributed by atoms with Gasteiger partial charge < -0.3 is 21.1 Å². The van der Waals surface area contributed by atoms with Crippen LogP contribution in [0.25, 0.3) is 0 Å². The molecule has 3 heterocycles. The summed E-state index contributed by atoms with van der Waals surface area (Å²) in [6, 6.07) is 3.90. The second-order valence-corrected chi connectivity index (χ2v) is 7.76. The maximum atomic E-state index is 14.1. The number of ether oxygens (including phenoxy) is 1. The quantitative estimate of drug-likeness (QED) is 0.557. The molecule has 2 aliphatic rings. The Morgan fingerprint density at radius 3 is 2.93 bits per heavy atom. The molecule has 0 unspecified atom stereocenters. The number of nitrogens with zero attached hydrogens (tertiary/aromatic N) is 2. The van der Waals surface area contributed by atoms with Crippen LogP contribution in [0.3, 0.4) is 0 Å². The highest BCUT2D eigenvalue weighted by Gasteiger charge is 2.35. The van der Waals surface area contributed by atoms with Gasteiger partial charge in [-0.1, -0.05) is 0 Å². The van der Waals surface area contributed by atoms with Gasteiger partial charge in [-0.3, -0.25) is 4.99 Å². The number of aryl methyl sites for hydroxylation is 1. The molecule has 0 radical (unpaired) electrons. The number of pyridine rings is 1. The Balaban J connectivity index is 1.39. The molecule has 156 valence electrons. The van der Waals surface area contributed by atoms with Gasteiger partial charge in [0.1, 0.15) is 5.82 Å². The van der Waals surface area contributed by atoms with Gasteiger partial charge in [-0.2, -0.15) is 8.78 Å². The third-order valence-electron chi connectivity index (χ3n) is 5.30. The van der Waals surface area contributed by atoms with Gasteiger partial charge in [-0.15, -0.1) is 0 Å². The molecule has 6 nitrogen and oxygen atoms in total. The number of alkyl halides is 2. The molecule has 4 N–H and O–H groups in total. The van der Waals surface area contributed by atoms with E-state index in [1.165, 1.54) is 0 Å². The van der Waals surface area contributed by atoms with Crippen molar-refractivity contribution in [2.75, 3.05) is 45.1 Å². The summed E-state index contributed by atoms with van der Waals surface area (Å²) in [4.78, 5) is 8.40. The average molecular weight is 395 g/mol. The molecule has 1 fully saturated rings. The van der Waals surface area contributed by atoms with Gasteiger partial charge in [-0.05, 0) is 50.3 Å². The van der Waals surface area contributed by atoms with Crippen LogP contribution in [0.4, 0.5) is 14.6 Å². The number of aromatic nitrogens is 1. The van der Waals surface area contributed by atoms with Crippen molar-refractivity contribution in [1.82, 2.24) is 15.6 Å². The third-order valence-corrected chi connectivity index (χ3v) is 5.30. The zero-order chi connectivity index (χ0) is 20.0. The molecule has 0 amide bonds. The molecule has 28 heavy (non-hydrogen) atoms. The van der Waals surface area contributed by atoms with Crippen molar-refractivity contribution in [2.45, 2.75) is 44.6 Å². The standard InChI is InChI=1S/C20H31F2N5O/c1-14-8-16(27-19(23)9-14)10-15-11-25-12-17(15)28-7-6-24-13-20(21,22)18-4-2-3-5-26-18/h8-9,15,17,24-25H,2-7,10-13H2,1H3,(H2,23,27)/t15-,17+/m0/s1. The van der Waals surface area contributed by atoms with Crippen molar-refractivity contribution < 1.29 is 13.5 Å². The molecule has 0 aliphatic carbocycles. The number of hydrogen-bond donors (Lipinski definition) is 3. The SMILES string of the molecule is Cc1cc(N)nc(C[C@H]2CNC[C@H]2OCCNCC(F)(F)C2=NCCCC2)c1. The summed E-state index contributed by atoms with van der Waals surface area (Å²) in [6.45, 7) is 4.54. The van der Waals surface area contributed by atoms with E-state index in [2.05, 4.69) is 20.6 Å². The molecule has 8 heteroatoms. The highest BCUT2D eigenvalue weighted by molar-refractivity contribution is 5.91. The minimum atomic E-state index is -2.87. The molecule has 1 aromatic rings. The van der Waals surface area contributed by atoms with Gasteiger partial charge in [-0.25, -0.2) is 4.98 Å². The summed E-state index contributed by atoms with van der Waals surface area (Å²) in [5.41, 5.74) is 7.93. The molecule has 0 aromatic carbocycles. The predicted octanol–water partition coefficient (Wildman–Crippen LogP) is 1.97. The van der Waals surface area contributed by atoms with E-state index in [-0.39, 0.29) is 18.4 Å². The van der Waals surface area contributed by atoms with Gasteiger partial charge in [0.15, 0.2) is 0 Å². The van der Waals surface area contributed by atoms with Crippen LogP contribution in [0.5, 0.6) is 0 Å². The van der Waals surface area contributed by atoms with Gasteiger partial charge in [0.25, 0.3) is 5.92 Å². The van der Waals surface area contributed by atoms with E-state index >= 15 is 0 Å². The Bertz CT molecular complexity index is 662. The highest BCUT2D eigenvalue weighted by Crippen LogP contribution is 2.22. The summed E-state index contributed by atoms with van der Waals surface area (Å²) in [6.07, 6.45) is 2.94. The van der Waals surface area contributed by atoms with Crippen LogP contribution >= 0.6 is 0 Å². The number of halogens is 2. The van der Waals surface area contributed by atoms with Crippen LogP contribution in [0, 0.1) is 12.8 Å². The van der Waals surface area contributed by atoms with E-state index in [0.717, 1.165) is 43.6 Å². The van der Waals surface area contributed by atoms with Crippen molar-refractivity contribution in [3.8, 4) is 0 Å². The van der Waals surface area contributed by atoms with Crippen LogP contribution in [-0.2, 0) is 11.2 Å². The zero-order valence-electron chi connectivity index (χ0n) is 16.5. The fourth-order valence-corrected chi connectivity index (χ4v) is 3.87. The summed E-state index contributed by atoms with van der Waals surface area (Å²) >= 11 is 0. The number of aliphatic imine (C=N–C) groups is 1. The molecule has 2 aliphatic heterocycles. The Morgan fingerprint density at radius 1 is 1.32 bits per heavy atom. The number of nitrogens with one attached hydrogen (secondary N) is 2. The molecule has 0 saturated carbocycles. The Labute approximate surface area is 165 Å². The first-order valence-electron chi connectivity index (χ1n) is 10.1. The minimum Gasteiger partial charge on any atom is -0.384 e. The lowest BCUT2D eigenvalue weighted by Gasteiger charge is -2.23. The van der Waals surface area contributed by atoms with E-state index in [0.29, 0.717) is 37.9 Å². The van der Waals surface area contributed by atoms with Crippen LogP contribution in [0.2, 0.25) is 0 Å². The van der Waals surface area contributed by atoms with Gasteiger partial charge >= 0.3 is 0 Å². The molecule has 1 aromatic heterocycles. The third kappa shape index (κ3) is 5.93. The summed E-state index contributed by atoms with van der Waals surface area (Å²) in [7, 11) is 0. The van der Waals surface area contributed by atoms with E-state index in [1.807, 2.05) is 19.1 Å². The number of nitrogen functional groups attached to an aromatic ring is 1. The zero-order valence-corrected chi connectivity index (χ0v) is 16.5. The van der Waals surface area contributed by atoms with Crippen LogP contribution in [0.1, 0.15) is 30.5 Å². The largest absolute Gasteiger partial charge is 0.384 e. The number of anilines is 1. The van der Waals surface area contributed by atoms with Crippen LogP contribution in [-0.4, -0.2) is 62.1 Å². The second kappa shape index (κ2) is 9.71. The van der Waals surface area contributed by atoms with Crippen LogP contribution in [0.15, 0.2) is 17.1 Å². The summed E-state index contributed by atoms with van der Waals surface area (Å²) < 4.78 is 34.2. The monoisotopic (exact) mass is 395 g/mol. The highest BCUT2D eigenvalue weighted by atomic mass is 19.3. The fourth-order valence-electron chi connectivity index (χ4n) is 3.87. The lowest BCUT2D eigenvalue weighted by Crippen LogP contribution is -2.42. The molecular formula is C20H31F2N5O. The van der Waals surface area contributed by atoms with Crippen molar-refractivity contribution in [3.05, 3.63) is 23.4 Å². The Morgan fingerprint density at radius 2 is 2.18 bits per heavy atom. The summed E-state index contributed by atoms with van der Waals surface area (Å²) in [5, 5.41) is 6.16. The second-order valence-electron chi connectivity index (χ2n) is 7.76. The first-order valence-corrected chi connectivity index (χ1v) is 10.1. The normalized spacial score (nSPS) is 23.0. The predicted molar refractivity (Wildman–Crippen MR) is 107 cm³/mol. The number of rotatable bonds is 9. The van der Waals surface area contributed by atoms with Gasteiger partial charge in [0.05, 0.1) is 25.0 Å². The summed E-state index contributed by atoms with van der Waals surface area (Å²) in [5.74, 6) is -2.04. The van der Waals surface area contributed by atoms with Crippen LogP contribution < -0.4 is 16.4 Å². The van der Waals surface area contributed by atoms with E-state index in [4.69, 9.17) is 10.5 Å². The first-order chi connectivity index (χ1) is 13.4. The lowest BCUT2D eigenvalue weighted by molar-refractivity contribution is 0.0332. The van der Waals surface area contributed by atoms with Gasteiger partial charge in [0.2, 0.25) is 0 Å². The maximum absolute atomic E-state index is 14.1. The molecule has 0 spiro atoms. The fraction of sp³-hybridized carbons (Fsp3) is 0.700. The molecule has 1 saturated heterocycles. The van der Waals surface area contributed by atoms with E-state index in [1.54, 1.807) is 0 Å². The minimum absolute atomic E-state index is 0.0390. The van der Waals surface area contributed by atoms with Gasteiger partial charge in [0, 0.05) is 37.8 Å². The first kappa shape index (κ1) is 21.1. The van der Waals surface area contributed by atoms with E-state index in [9.17, 15) is 8.78 Å². The van der Waals surface area contributed by atoms with Crippen molar-refractivity contribution >= 4 is 11.5 Å². The van der Waals surface area contributed by atoms with Crippen molar-refractivity contribution in [2.24, 2.45) is 10.9 Å². The number of hydrogen-bond acceptors (Lipinski definition) is 6. The topological polar surface area (TPSA) is 84.6 Å². The maximum Gasteiger partial charge on any atom is 0.297 e. The lowest BCUT2D eigenvalue weighted by atomic mass is 9.99. The van der Waals surface area contributed by atoms with E-state index < -0.39 is 5.92 Å². The molecule has 2 atom stereocenters. The Kier molecular flexibility index (Phi) is 7.31. The smallest absolute Gasteiger partial charge is 0.297 e. The van der Waals surface area contributed by atoms with Crippen molar-refractivity contribution in [3.63, 3.8) is 0 Å². The molecule has 0 bridgehead atoms. The van der Waals surface area contributed by atoms with Crippen molar-refractivity contribution in [1.29, 1.82) is 0 Å². The Hall–Kier alpha value is -1.64. The average Bonchev–Trinajstić information content (AvgIpc) is 3.08. The number of nitrogens with two attached hydrogens (primary N) is 1. The molecule has 3 rings (SSSR count). The molecular weight excluding hydrogens is 364 g/mol.